The molecule has 0 bridgehead atoms. The van der Waals surface area contributed by atoms with E-state index in [9.17, 15) is 4.79 Å². The van der Waals surface area contributed by atoms with Gasteiger partial charge in [0.15, 0.2) is 11.5 Å². The molecule has 7 nitrogen and oxygen atoms in total. The molecule has 1 saturated heterocycles. The Morgan fingerprint density at radius 2 is 1.82 bits per heavy atom. The minimum atomic E-state index is -0.231. The minimum absolute atomic E-state index is 0. The van der Waals surface area contributed by atoms with Gasteiger partial charge in [0.05, 0.1) is 6.04 Å². The van der Waals surface area contributed by atoms with Crippen molar-refractivity contribution >= 4 is 18.3 Å². The van der Waals surface area contributed by atoms with Crippen molar-refractivity contribution in [2.24, 2.45) is 0 Å². The van der Waals surface area contributed by atoms with Crippen LogP contribution in [0.4, 0.5) is 0 Å². The van der Waals surface area contributed by atoms with E-state index in [0.29, 0.717) is 18.0 Å². The lowest BCUT2D eigenvalue weighted by Crippen LogP contribution is -2.48. The summed E-state index contributed by atoms with van der Waals surface area (Å²) in [5, 5.41) is 7.10. The van der Waals surface area contributed by atoms with Crippen LogP contribution in [0.2, 0.25) is 0 Å². The van der Waals surface area contributed by atoms with Crippen LogP contribution in [0, 0.1) is 6.92 Å². The van der Waals surface area contributed by atoms with Gasteiger partial charge in [0.25, 0.3) is 5.91 Å². The number of carbonyl (C=O) groups is 1. The van der Waals surface area contributed by atoms with Crippen LogP contribution in [0.1, 0.15) is 52.0 Å². The average Bonchev–Trinajstić information content (AvgIpc) is 3.50. The number of piperazine rings is 1. The fraction of sp³-hybridized carbons (Fsp3) is 0.462. The van der Waals surface area contributed by atoms with Crippen LogP contribution < -0.4 is 5.32 Å². The van der Waals surface area contributed by atoms with Crippen molar-refractivity contribution in [2.45, 2.75) is 38.6 Å². The third-order valence-corrected chi connectivity index (χ3v) is 6.90. The number of aryl methyl sites for hydroxylation is 3. The molecule has 1 amide bonds. The van der Waals surface area contributed by atoms with Gasteiger partial charge in [-0.25, -0.2) is 0 Å². The molecular formula is C26H33ClN4O3. The van der Waals surface area contributed by atoms with E-state index in [-0.39, 0.29) is 24.4 Å². The Labute approximate surface area is 206 Å². The molecule has 2 aliphatic rings. The van der Waals surface area contributed by atoms with Gasteiger partial charge in [-0.1, -0.05) is 17.3 Å². The topological polar surface area (TPSA) is 74.8 Å². The number of fused-ring (bicyclic) bond motifs is 1. The van der Waals surface area contributed by atoms with Crippen molar-refractivity contribution in [1.82, 2.24) is 20.3 Å². The normalized spacial score (nSPS) is 17.6. The van der Waals surface area contributed by atoms with E-state index in [1.807, 2.05) is 19.1 Å². The van der Waals surface area contributed by atoms with Gasteiger partial charge in [-0.15, -0.1) is 12.4 Å². The van der Waals surface area contributed by atoms with Crippen LogP contribution in [0.25, 0.3) is 11.3 Å². The minimum Gasteiger partial charge on any atom is -0.465 e. The Morgan fingerprint density at radius 3 is 2.56 bits per heavy atom. The largest absolute Gasteiger partial charge is 0.465 e. The highest BCUT2D eigenvalue weighted by atomic mass is 35.5. The highest BCUT2D eigenvalue weighted by Crippen LogP contribution is 2.28. The molecule has 2 aromatic heterocycles. The number of hydrogen-bond acceptors (Lipinski definition) is 6. The zero-order valence-corrected chi connectivity index (χ0v) is 20.7. The number of likely N-dealkylation sites (N-methyl/N-ethyl adjacent to an activating group) is 1. The first kappa shape index (κ1) is 24.5. The summed E-state index contributed by atoms with van der Waals surface area (Å²) in [5.74, 6) is 2.16. The van der Waals surface area contributed by atoms with Gasteiger partial charge in [-0.3, -0.25) is 9.69 Å². The quantitative estimate of drug-likeness (QED) is 0.563. The molecule has 8 heteroatoms. The zero-order chi connectivity index (χ0) is 22.8. The first-order valence-corrected chi connectivity index (χ1v) is 11.9. The van der Waals surface area contributed by atoms with Crippen LogP contribution >= 0.6 is 12.4 Å². The molecule has 1 atom stereocenters. The third kappa shape index (κ3) is 5.37. The first-order valence-electron chi connectivity index (χ1n) is 11.9. The second-order valence-electron chi connectivity index (χ2n) is 9.28. The van der Waals surface area contributed by atoms with E-state index >= 15 is 0 Å². The maximum atomic E-state index is 12.9. The van der Waals surface area contributed by atoms with Crippen LogP contribution in [0.3, 0.4) is 0 Å². The highest BCUT2D eigenvalue weighted by molar-refractivity contribution is 5.93. The molecule has 182 valence electrons. The summed E-state index contributed by atoms with van der Waals surface area (Å²) in [5.41, 5.74) is 4.08. The second kappa shape index (κ2) is 10.8. The SMILES string of the molecule is Cc1ccc(C(CNC(=O)c2cc(-c3ccc4c(c3)CCCC4)on2)N2CCN(C)CC2)o1.Cl. The summed E-state index contributed by atoms with van der Waals surface area (Å²) in [6.45, 7) is 6.26. The van der Waals surface area contributed by atoms with Gasteiger partial charge >= 0.3 is 0 Å². The lowest BCUT2D eigenvalue weighted by Gasteiger charge is -2.37. The predicted molar refractivity (Wildman–Crippen MR) is 133 cm³/mol. The number of nitrogens with zero attached hydrogens (tertiary/aromatic N) is 3. The number of hydrogen-bond donors (Lipinski definition) is 1. The summed E-state index contributed by atoms with van der Waals surface area (Å²) in [7, 11) is 2.13. The molecule has 5 rings (SSSR count). The number of halogens is 1. The Balaban J connectivity index is 0.00000274. The van der Waals surface area contributed by atoms with Gasteiger partial charge in [0.2, 0.25) is 0 Å². The zero-order valence-electron chi connectivity index (χ0n) is 19.9. The molecule has 3 aromatic rings. The molecule has 1 fully saturated rings. The van der Waals surface area contributed by atoms with E-state index in [4.69, 9.17) is 8.94 Å². The molecule has 1 N–H and O–H groups in total. The Bertz CT molecular complexity index is 1120. The molecule has 3 heterocycles. The van der Waals surface area contributed by atoms with Crippen LogP contribution in [-0.2, 0) is 12.8 Å². The molecule has 0 spiro atoms. The van der Waals surface area contributed by atoms with Gasteiger partial charge in [0.1, 0.15) is 11.5 Å². The Kier molecular flexibility index (Phi) is 7.76. The van der Waals surface area contributed by atoms with Gasteiger partial charge in [0, 0.05) is 44.4 Å². The van der Waals surface area contributed by atoms with Crippen molar-refractivity contribution < 1.29 is 13.7 Å². The van der Waals surface area contributed by atoms with E-state index in [2.05, 4.69) is 45.5 Å². The number of furan rings is 1. The highest BCUT2D eigenvalue weighted by Gasteiger charge is 2.27. The average molecular weight is 485 g/mol. The second-order valence-corrected chi connectivity index (χ2v) is 9.28. The van der Waals surface area contributed by atoms with Crippen molar-refractivity contribution in [3.05, 3.63) is 64.7 Å². The predicted octanol–water partition coefficient (Wildman–Crippen LogP) is 4.26. The molecule has 1 aromatic carbocycles. The van der Waals surface area contributed by atoms with Crippen LogP contribution in [0.15, 0.2) is 45.3 Å². The number of carbonyl (C=O) groups excluding carboxylic acids is 1. The smallest absolute Gasteiger partial charge is 0.273 e. The van der Waals surface area contributed by atoms with E-state index in [1.165, 1.54) is 24.0 Å². The first-order chi connectivity index (χ1) is 16.1. The van der Waals surface area contributed by atoms with Crippen molar-refractivity contribution in [3.8, 4) is 11.3 Å². The van der Waals surface area contributed by atoms with Crippen LogP contribution in [0.5, 0.6) is 0 Å². The Hall–Kier alpha value is -2.61. The molecule has 0 radical (unpaired) electrons. The molecular weight excluding hydrogens is 452 g/mol. The number of benzene rings is 1. The lowest BCUT2D eigenvalue weighted by atomic mass is 9.90. The summed E-state index contributed by atoms with van der Waals surface area (Å²) in [4.78, 5) is 17.6. The number of amides is 1. The third-order valence-electron chi connectivity index (χ3n) is 6.90. The van der Waals surface area contributed by atoms with Crippen molar-refractivity contribution in [3.63, 3.8) is 0 Å². The Morgan fingerprint density at radius 1 is 1.06 bits per heavy atom. The van der Waals surface area contributed by atoms with Gasteiger partial charge in [-0.05, 0) is 69.0 Å². The summed E-state index contributed by atoms with van der Waals surface area (Å²) >= 11 is 0. The van der Waals surface area contributed by atoms with Gasteiger partial charge in [-0.2, -0.15) is 0 Å². The van der Waals surface area contributed by atoms with E-state index < -0.39 is 0 Å². The standard InChI is InChI=1S/C26H32N4O3.ClH/c1-18-7-10-24(32-18)23(30-13-11-29(2)12-14-30)17-27-26(31)22-16-25(33-28-22)21-9-8-19-5-3-4-6-20(19)15-21;/h7-10,15-16,23H,3-6,11-14,17H2,1-2H3,(H,27,31);1H. The van der Waals surface area contributed by atoms with Gasteiger partial charge < -0.3 is 19.2 Å². The van der Waals surface area contributed by atoms with Crippen molar-refractivity contribution in [1.29, 1.82) is 0 Å². The van der Waals surface area contributed by atoms with Crippen LogP contribution in [-0.4, -0.2) is 60.6 Å². The maximum absolute atomic E-state index is 12.9. The number of aromatic nitrogens is 1. The number of nitrogens with one attached hydrogen (secondary N) is 1. The molecule has 0 saturated carbocycles. The lowest BCUT2D eigenvalue weighted by molar-refractivity contribution is 0.0843. The van der Waals surface area contributed by atoms with E-state index in [0.717, 1.165) is 56.1 Å². The number of rotatable bonds is 6. The summed E-state index contributed by atoms with van der Waals surface area (Å²) in [6.07, 6.45) is 4.73. The molecule has 34 heavy (non-hydrogen) atoms. The maximum Gasteiger partial charge on any atom is 0.273 e. The summed E-state index contributed by atoms with van der Waals surface area (Å²) in [6, 6.07) is 12.1. The van der Waals surface area contributed by atoms with E-state index in [1.54, 1.807) is 6.07 Å². The van der Waals surface area contributed by atoms with Crippen molar-refractivity contribution in [2.75, 3.05) is 39.8 Å². The monoisotopic (exact) mass is 484 g/mol. The fourth-order valence-corrected chi connectivity index (χ4v) is 4.86. The molecule has 1 unspecified atom stereocenters. The summed E-state index contributed by atoms with van der Waals surface area (Å²) < 4.78 is 11.5. The molecule has 1 aliphatic heterocycles. The molecule has 1 aliphatic carbocycles. The fourth-order valence-electron chi connectivity index (χ4n) is 4.86.